The maximum absolute atomic E-state index is 10.1. The maximum Gasteiger partial charge on any atom is 0.332 e. The Morgan fingerprint density at radius 1 is 1.82 bits per heavy atom. The van der Waals surface area contributed by atoms with E-state index in [0.29, 0.717) is 0 Å². The van der Waals surface area contributed by atoms with Crippen LogP contribution in [0.3, 0.4) is 0 Å². The average Bonchev–Trinajstić information content (AvgIpc) is 2.39. The summed E-state index contributed by atoms with van der Waals surface area (Å²) >= 11 is 1.56. The van der Waals surface area contributed by atoms with Crippen LogP contribution in [0.25, 0.3) is 0 Å². The smallest absolute Gasteiger partial charge is 0.332 e. The molecule has 0 aromatic carbocycles. The van der Waals surface area contributed by atoms with Gasteiger partial charge in [-0.1, -0.05) is 0 Å². The van der Waals surface area contributed by atoms with E-state index in [-0.39, 0.29) is 0 Å². The van der Waals surface area contributed by atoms with Crippen molar-refractivity contribution in [1.29, 1.82) is 0 Å². The van der Waals surface area contributed by atoms with Crippen LogP contribution in [0.4, 0.5) is 4.79 Å². The molecule has 0 aliphatic rings. The molecule has 0 bridgehead atoms. The largest absolute Gasteiger partial charge is 0.350 e. The third kappa shape index (κ3) is 2.81. The molecule has 1 aromatic rings. The van der Waals surface area contributed by atoms with E-state index in [1.807, 2.05) is 16.8 Å². The minimum Gasteiger partial charge on any atom is -0.350 e. The number of primary amides is 1. The molecule has 4 nitrogen and oxygen atoms in total. The maximum atomic E-state index is 10.1. The lowest BCUT2D eigenvalue weighted by Gasteiger charge is -1.87. The summed E-state index contributed by atoms with van der Waals surface area (Å²) in [5, 5.41) is 7.40. The zero-order valence-electron chi connectivity index (χ0n) is 5.65. The van der Waals surface area contributed by atoms with Crippen molar-refractivity contribution in [2.45, 2.75) is 0 Å². The van der Waals surface area contributed by atoms with Gasteiger partial charge in [0.25, 0.3) is 0 Å². The van der Waals surface area contributed by atoms with E-state index >= 15 is 0 Å². The molecule has 0 unspecified atom stereocenters. The highest BCUT2D eigenvalue weighted by Gasteiger charge is 1.86. The molecule has 0 fully saturated rings. The first-order valence-electron chi connectivity index (χ1n) is 2.90. The van der Waals surface area contributed by atoms with E-state index in [1.54, 1.807) is 11.3 Å². The second-order valence-electron chi connectivity index (χ2n) is 1.79. The number of nitrogens with two attached hydrogens (primary N) is 1. The highest BCUT2D eigenvalue weighted by molar-refractivity contribution is 7.08. The number of carbonyl (C=O) groups excluding carboxylic acids is 1. The zero-order chi connectivity index (χ0) is 8.10. The Morgan fingerprint density at radius 3 is 3.18 bits per heavy atom. The standard InChI is InChI=1S/C6H7N3OS/c7-6(10)9-8-3-5-1-2-11-4-5/h1-4H,(H3,7,9,10). The molecule has 0 aliphatic carbocycles. The van der Waals surface area contributed by atoms with Crippen molar-refractivity contribution < 1.29 is 4.79 Å². The van der Waals surface area contributed by atoms with Gasteiger partial charge in [0, 0.05) is 5.56 Å². The first kappa shape index (κ1) is 7.74. The third-order valence-electron chi connectivity index (χ3n) is 0.932. The number of hydrogen-bond donors (Lipinski definition) is 2. The van der Waals surface area contributed by atoms with Crippen LogP contribution in [-0.4, -0.2) is 12.2 Å². The van der Waals surface area contributed by atoms with Crippen molar-refractivity contribution in [1.82, 2.24) is 5.43 Å². The van der Waals surface area contributed by atoms with Gasteiger partial charge in [-0.2, -0.15) is 16.4 Å². The van der Waals surface area contributed by atoms with Crippen LogP contribution in [-0.2, 0) is 0 Å². The molecule has 11 heavy (non-hydrogen) atoms. The Kier molecular flexibility index (Phi) is 2.62. The summed E-state index contributed by atoms with van der Waals surface area (Å²) in [4.78, 5) is 10.1. The molecule has 0 saturated carbocycles. The molecule has 0 aliphatic heterocycles. The number of carbonyl (C=O) groups is 1. The molecular weight excluding hydrogens is 162 g/mol. The second kappa shape index (κ2) is 3.72. The molecule has 58 valence electrons. The third-order valence-corrected chi connectivity index (χ3v) is 1.63. The molecule has 3 N–H and O–H groups in total. The molecule has 1 aromatic heterocycles. The normalized spacial score (nSPS) is 10.2. The number of urea groups is 1. The molecule has 2 amide bonds. The van der Waals surface area contributed by atoms with Crippen LogP contribution >= 0.6 is 11.3 Å². The summed E-state index contributed by atoms with van der Waals surface area (Å²) in [6.45, 7) is 0. The van der Waals surface area contributed by atoms with Crippen LogP contribution in [0.15, 0.2) is 21.9 Å². The monoisotopic (exact) mass is 169 g/mol. The topological polar surface area (TPSA) is 67.5 Å². The predicted molar refractivity (Wildman–Crippen MR) is 44.6 cm³/mol. The SMILES string of the molecule is NC(=O)NN=Cc1ccsc1. The lowest BCUT2D eigenvalue weighted by Crippen LogP contribution is -2.24. The van der Waals surface area contributed by atoms with Gasteiger partial charge in [0.15, 0.2) is 0 Å². The van der Waals surface area contributed by atoms with Crippen molar-refractivity contribution in [3.8, 4) is 0 Å². The minimum atomic E-state index is -0.656. The van der Waals surface area contributed by atoms with Gasteiger partial charge in [-0.3, -0.25) is 0 Å². The molecule has 1 heterocycles. The first-order chi connectivity index (χ1) is 5.29. The van der Waals surface area contributed by atoms with Gasteiger partial charge in [0.2, 0.25) is 0 Å². The van der Waals surface area contributed by atoms with Crippen LogP contribution in [0, 0.1) is 0 Å². The summed E-state index contributed by atoms with van der Waals surface area (Å²) in [7, 11) is 0. The highest BCUT2D eigenvalue weighted by Crippen LogP contribution is 2.01. The van der Waals surface area contributed by atoms with Crippen LogP contribution < -0.4 is 11.2 Å². The van der Waals surface area contributed by atoms with E-state index in [0.717, 1.165) is 5.56 Å². The number of nitrogens with one attached hydrogen (secondary N) is 1. The zero-order valence-corrected chi connectivity index (χ0v) is 6.47. The van der Waals surface area contributed by atoms with Gasteiger partial charge in [0.05, 0.1) is 6.21 Å². The van der Waals surface area contributed by atoms with Crippen LogP contribution in [0.1, 0.15) is 5.56 Å². The van der Waals surface area contributed by atoms with E-state index in [4.69, 9.17) is 5.73 Å². The van der Waals surface area contributed by atoms with E-state index < -0.39 is 6.03 Å². The van der Waals surface area contributed by atoms with Crippen molar-refractivity contribution >= 4 is 23.6 Å². The van der Waals surface area contributed by atoms with Crippen molar-refractivity contribution in [2.75, 3.05) is 0 Å². The Hall–Kier alpha value is -1.36. The van der Waals surface area contributed by atoms with E-state index in [9.17, 15) is 4.79 Å². The minimum absolute atomic E-state index is 0.656. The van der Waals surface area contributed by atoms with E-state index in [1.165, 1.54) is 6.21 Å². The fraction of sp³-hybridized carbons (Fsp3) is 0. The fourth-order valence-electron chi connectivity index (χ4n) is 0.519. The molecule has 0 radical (unpaired) electrons. The Bertz CT molecular complexity index is 255. The molecule has 0 atom stereocenters. The summed E-state index contributed by atoms with van der Waals surface area (Å²) in [6.07, 6.45) is 1.53. The Morgan fingerprint density at radius 2 is 2.64 bits per heavy atom. The van der Waals surface area contributed by atoms with Gasteiger partial charge in [-0.25, -0.2) is 10.2 Å². The number of rotatable bonds is 2. The second-order valence-corrected chi connectivity index (χ2v) is 2.57. The lowest BCUT2D eigenvalue weighted by molar-refractivity contribution is 0.249. The first-order valence-corrected chi connectivity index (χ1v) is 3.84. The van der Waals surface area contributed by atoms with Crippen LogP contribution in [0.5, 0.6) is 0 Å². The van der Waals surface area contributed by atoms with E-state index in [2.05, 4.69) is 10.5 Å². The number of thiophene rings is 1. The molecule has 0 spiro atoms. The summed E-state index contributed by atoms with van der Waals surface area (Å²) < 4.78 is 0. The number of hydrogen-bond acceptors (Lipinski definition) is 3. The lowest BCUT2D eigenvalue weighted by atomic mass is 10.4. The Labute approximate surface area is 67.7 Å². The summed E-state index contributed by atoms with van der Waals surface area (Å²) in [6, 6.07) is 1.23. The van der Waals surface area contributed by atoms with Gasteiger partial charge >= 0.3 is 6.03 Å². The van der Waals surface area contributed by atoms with Gasteiger partial charge in [-0.15, -0.1) is 0 Å². The molecule has 0 saturated heterocycles. The average molecular weight is 169 g/mol. The van der Waals surface area contributed by atoms with Gasteiger partial charge < -0.3 is 5.73 Å². The molecular formula is C6H7N3OS. The van der Waals surface area contributed by atoms with Crippen molar-refractivity contribution in [3.63, 3.8) is 0 Å². The summed E-state index contributed by atoms with van der Waals surface area (Å²) in [5.74, 6) is 0. The molecule has 5 heteroatoms. The fourth-order valence-corrected chi connectivity index (χ4v) is 1.13. The number of amides is 2. The number of nitrogens with zero attached hydrogens (tertiary/aromatic N) is 1. The number of hydrazone groups is 1. The highest BCUT2D eigenvalue weighted by atomic mass is 32.1. The van der Waals surface area contributed by atoms with Gasteiger partial charge in [0.1, 0.15) is 0 Å². The predicted octanol–water partition coefficient (Wildman–Crippen LogP) is 0.750. The van der Waals surface area contributed by atoms with Crippen LogP contribution in [0.2, 0.25) is 0 Å². The Balaban J connectivity index is 2.43. The van der Waals surface area contributed by atoms with Crippen molar-refractivity contribution in [2.24, 2.45) is 10.8 Å². The van der Waals surface area contributed by atoms with Crippen molar-refractivity contribution in [3.05, 3.63) is 22.4 Å². The quantitative estimate of drug-likeness (QED) is 0.498. The van der Waals surface area contributed by atoms with Gasteiger partial charge in [-0.05, 0) is 16.8 Å². The summed E-state index contributed by atoms with van der Waals surface area (Å²) in [5.41, 5.74) is 7.82. The molecule has 1 rings (SSSR count).